The van der Waals surface area contributed by atoms with E-state index < -0.39 is 0 Å². The van der Waals surface area contributed by atoms with E-state index in [0.29, 0.717) is 0 Å². The normalized spacial score (nSPS) is 17.2. The van der Waals surface area contributed by atoms with Gasteiger partial charge in [-0.3, -0.25) is 0 Å². The van der Waals surface area contributed by atoms with Crippen LogP contribution in [-0.2, 0) is 0 Å². The summed E-state index contributed by atoms with van der Waals surface area (Å²) in [5, 5.41) is 7.95. The van der Waals surface area contributed by atoms with E-state index in [0.717, 1.165) is 5.92 Å². The summed E-state index contributed by atoms with van der Waals surface area (Å²) in [5.74, 6) is 0.730. The molecule has 0 radical (unpaired) electrons. The summed E-state index contributed by atoms with van der Waals surface area (Å²) in [6.45, 7) is 0. The van der Waals surface area contributed by atoms with E-state index in [1.165, 1.54) is 24.0 Å². The molecule has 0 bridgehead atoms. The van der Waals surface area contributed by atoms with Gasteiger partial charge in [0.05, 0.1) is 5.69 Å². The first kappa shape index (κ1) is 5.89. The quantitative estimate of drug-likeness (QED) is 0.486. The molecule has 0 unspecified atom stereocenters. The second-order valence-corrected chi connectivity index (χ2v) is 2.87. The highest BCUT2D eigenvalue weighted by Gasteiger charge is 2.26. The number of rotatable bonds is 1. The Kier molecular flexibility index (Phi) is 1.23. The molecule has 0 aliphatic heterocycles. The van der Waals surface area contributed by atoms with Crippen molar-refractivity contribution in [2.45, 2.75) is 18.8 Å². The Morgan fingerprint density at radius 1 is 1.50 bits per heavy atom. The molecule has 0 amide bonds. The van der Waals surface area contributed by atoms with Crippen LogP contribution in [0.15, 0.2) is 12.3 Å². The van der Waals surface area contributed by atoms with Crippen molar-refractivity contribution in [1.29, 1.82) is 0 Å². The molecule has 50 valence electrons. The third-order valence-electron chi connectivity index (χ3n) is 1.92. The maximum atomic E-state index is 4.09. The summed E-state index contributed by atoms with van der Waals surface area (Å²) in [6.07, 6.45) is 4.36. The highest BCUT2D eigenvalue weighted by Crippen LogP contribution is 2.37. The molecule has 1 aliphatic carbocycles. The largest absolute Gasteiger partial charge is 0.159 e. The molecule has 0 atom stereocenters. The Hall–Kier alpha value is -0.855. The maximum Gasteiger partial charge on any atom is 0.141 e. The van der Waals surface area contributed by atoms with Crippen molar-refractivity contribution in [3.63, 3.8) is 0 Å². The van der Waals surface area contributed by atoms with Crippen molar-refractivity contribution >= 4 is 13.3 Å². The lowest BCUT2D eigenvalue weighted by Gasteiger charge is -1.97. The van der Waals surface area contributed by atoms with Crippen molar-refractivity contribution in [1.82, 2.24) is 10.2 Å². The Morgan fingerprint density at radius 3 is 2.90 bits per heavy atom. The van der Waals surface area contributed by atoms with E-state index in [1.807, 2.05) is 6.07 Å². The van der Waals surface area contributed by atoms with E-state index in [2.05, 4.69) is 18.0 Å². The van der Waals surface area contributed by atoms with Crippen molar-refractivity contribution in [2.24, 2.45) is 0 Å². The minimum Gasteiger partial charge on any atom is -0.159 e. The van der Waals surface area contributed by atoms with Gasteiger partial charge in [0.2, 0.25) is 0 Å². The topological polar surface area (TPSA) is 25.8 Å². The lowest BCUT2D eigenvalue weighted by Crippen LogP contribution is -2.12. The first-order valence-corrected chi connectivity index (χ1v) is 3.66. The summed E-state index contributed by atoms with van der Waals surface area (Å²) < 4.78 is 0. The second-order valence-electron chi connectivity index (χ2n) is 2.87. The van der Waals surface area contributed by atoms with Crippen LogP contribution in [0.3, 0.4) is 0 Å². The van der Waals surface area contributed by atoms with Gasteiger partial charge in [-0.15, -0.1) is 0 Å². The van der Waals surface area contributed by atoms with Crippen molar-refractivity contribution in [3.8, 4) is 0 Å². The van der Waals surface area contributed by atoms with Gasteiger partial charge in [0.1, 0.15) is 7.85 Å². The number of aromatic nitrogens is 2. The van der Waals surface area contributed by atoms with E-state index in [1.54, 1.807) is 6.20 Å². The molecule has 1 saturated carbocycles. The van der Waals surface area contributed by atoms with Crippen LogP contribution in [0.2, 0.25) is 0 Å². The van der Waals surface area contributed by atoms with Gasteiger partial charge in [-0.25, -0.2) is 0 Å². The molecule has 1 aliphatic rings. The summed E-state index contributed by atoms with van der Waals surface area (Å²) >= 11 is 0. The smallest absolute Gasteiger partial charge is 0.141 e. The zero-order valence-corrected chi connectivity index (χ0v) is 6.04. The molecule has 10 heavy (non-hydrogen) atoms. The van der Waals surface area contributed by atoms with Crippen molar-refractivity contribution < 1.29 is 0 Å². The van der Waals surface area contributed by atoms with E-state index in [4.69, 9.17) is 0 Å². The summed E-state index contributed by atoms with van der Waals surface area (Å²) in [4.78, 5) is 0. The molecule has 1 fully saturated rings. The minimum atomic E-state index is 0.730. The average molecular weight is 132 g/mol. The molecule has 0 N–H and O–H groups in total. The molecule has 0 saturated heterocycles. The van der Waals surface area contributed by atoms with E-state index >= 15 is 0 Å². The molecule has 3 heteroatoms. The SMILES string of the molecule is Bc1ccnnc1C1CC1. The summed E-state index contributed by atoms with van der Waals surface area (Å²) in [5.41, 5.74) is 2.50. The van der Waals surface area contributed by atoms with Gasteiger partial charge >= 0.3 is 0 Å². The van der Waals surface area contributed by atoms with Gasteiger partial charge in [0.15, 0.2) is 0 Å². The standard InChI is InChI=1S/C7H9BN2/c8-6-3-4-9-10-7(6)5-1-2-5/h3-5H,1-2,8H2. The van der Waals surface area contributed by atoms with Gasteiger partial charge in [-0.2, -0.15) is 10.2 Å². The van der Waals surface area contributed by atoms with Gasteiger partial charge in [0.25, 0.3) is 0 Å². The average Bonchev–Trinajstić information content (AvgIpc) is 2.71. The molecular weight excluding hydrogens is 123 g/mol. The van der Waals surface area contributed by atoms with Gasteiger partial charge in [-0.05, 0) is 18.9 Å². The number of nitrogens with zero attached hydrogens (tertiary/aromatic N) is 2. The Labute approximate surface area is 61.1 Å². The lowest BCUT2D eigenvalue weighted by molar-refractivity contribution is 0.922. The Bertz CT molecular complexity index is 245. The fourth-order valence-corrected chi connectivity index (χ4v) is 1.17. The number of hydrogen-bond acceptors (Lipinski definition) is 2. The lowest BCUT2D eigenvalue weighted by atomic mass is 9.93. The maximum absolute atomic E-state index is 4.09. The first-order chi connectivity index (χ1) is 4.88. The van der Waals surface area contributed by atoms with Crippen LogP contribution in [-0.4, -0.2) is 18.0 Å². The zero-order valence-electron chi connectivity index (χ0n) is 6.04. The van der Waals surface area contributed by atoms with Crippen molar-refractivity contribution in [3.05, 3.63) is 18.0 Å². The molecule has 0 aromatic carbocycles. The third-order valence-corrected chi connectivity index (χ3v) is 1.92. The highest BCUT2D eigenvalue weighted by atomic mass is 15.1. The Balaban J connectivity index is 2.39. The highest BCUT2D eigenvalue weighted by molar-refractivity contribution is 6.33. The first-order valence-electron chi connectivity index (χ1n) is 3.66. The molecule has 1 aromatic heterocycles. The van der Waals surface area contributed by atoms with E-state index in [-0.39, 0.29) is 0 Å². The van der Waals surface area contributed by atoms with Gasteiger partial charge in [0, 0.05) is 12.1 Å². The van der Waals surface area contributed by atoms with Crippen LogP contribution in [0.5, 0.6) is 0 Å². The van der Waals surface area contributed by atoms with Crippen LogP contribution in [0, 0.1) is 0 Å². The van der Waals surface area contributed by atoms with Crippen LogP contribution in [0.25, 0.3) is 0 Å². The molecule has 0 spiro atoms. The second kappa shape index (κ2) is 2.08. The molecular formula is C7H9BN2. The molecule has 2 rings (SSSR count). The van der Waals surface area contributed by atoms with Gasteiger partial charge in [-0.1, -0.05) is 5.46 Å². The predicted octanol–water partition coefficient (Wildman–Crippen LogP) is -0.388. The Morgan fingerprint density at radius 2 is 2.30 bits per heavy atom. The molecule has 1 aromatic rings. The van der Waals surface area contributed by atoms with Crippen LogP contribution < -0.4 is 5.46 Å². The van der Waals surface area contributed by atoms with Gasteiger partial charge < -0.3 is 0 Å². The fraction of sp³-hybridized carbons (Fsp3) is 0.429. The predicted molar refractivity (Wildman–Crippen MR) is 42.2 cm³/mol. The third kappa shape index (κ3) is 0.918. The van der Waals surface area contributed by atoms with Crippen LogP contribution in [0.1, 0.15) is 24.5 Å². The monoisotopic (exact) mass is 132 g/mol. The van der Waals surface area contributed by atoms with Crippen molar-refractivity contribution in [2.75, 3.05) is 0 Å². The van der Waals surface area contributed by atoms with E-state index in [9.17, 15) is 0 Å². The van der Waals surface area contributed by atoms with Crippen LogP contribution >= 0.6 is 0 Å². The molecule has 2 nitrogen and oxygen atoms in total. The summed E-state index contributed by atoms with van der Waals surface area (Å²) in [7, 11) is 2.10. The number of hydrogen-bond donors (Lipinski definition) is 0. The zero-order chi connectivity index (χ0) is 6.97. The van der Waals surface area contributed by atoms with Crippen LogP contribution in [0.4, 0.5) is 0 Å². The minimum absolute atomic E-state index is 0.730. The molecule has 1 heterocycles. The summed E-state index contributed by atoms with van der Waals surface area (Å²) in [6, 6.07) is 2.03. The fourth-order valence-electron chi connectivity index (χ4n) is 1.17.